The van der Waals surface area contributed by atoms with E-state index < -0.39 is 114 Å². The fourth-order valence-electron chi connectivity index (χ4n) is 5.53. The van der Waals surface area contributed by atoms with Crippen molar-refractivity contribution in [3.8, 4) is 5.75 Å². The predicted molar refractivity (Wildman–Crippen MR) is 205 cm³/mol. The molecule has 0 bridgehead atoms. The van der Waals surface area contributed by atoms with Crippen LogP contribution < -0.4 is 43.4 Å². The van der Waals surface area contributed by atoms with Crippen molar-refractivity contribution in [3.05, 3.63) is 65.7 Å². The first-order chi connectivity index (χ1) is 26.7. The normalized spacial score (nSPS) is 14.8. The van der Waals surface area contributed by atoms with Crippen LogP contribution in [0.3, 0.4) is 0 Å². The second-order valence-corrected chi connectivity index (χ2v) is 14.3. The lowest BCUT2D eigenvalue weighted by Gasteiger charge is -2.38. The van der Waals surface area contributed by atoms with E-state index in [0.29, 0.717) is 11.1 Å². The SMILES string of the molecule is CC(C)[C@H](NC(=O)[C@@](CO)(NC(=O)[C@H](CC(=O)O)NC(=O)[C@H](Cc1ccccc1)NC(=O)[C@@H](C)NC(=O)[C@@H](N)Cc1ccc(O)cc1)C(C)C)C(=O)NCC(N)=O. The molecule has 312 valence electrons. The van der Waals surface area contributed by atoms with Crippen molar-refractivity contribution in [2.24, 2.45) is 23.3 Å². The largest absolute Gasteiger partial charge is 0.508 e. The molecule has 0 saturated carbocycles. The number of aliphatic hydroxyl groups is 1. The van der Waals surface area contributed by atoms with Gasteiger partial charge in [-0.1, -0.05) is 70.2 Å². The molecule has 0 aromatic heterocycles. The minimum absolute atomic E-state index is 0.0327. The molecule has 2 aromatic carbocycles. The molecule has 6 atom stereocenters. The van der Waals surface area contributed by atoms with Crippen molar-refractivity contribution in [3.63, 3.8) is 0 Å². The van der Waals surface area contributed by atoms with E-state index in [1.165, 1.54) is 32.9 Å². The van der Waals surface area contributed by atoms with Crippen molar-refractivity contribution in [1.82, 2.24) is 31.9 Å². The number of amides is 7. The molecule has 0 saturated heterocycles. The van der Waals surface area contributed by atoms with E-state index in [4.69, 9.17) is 11.5 Å². The highest BCUT2D eigenvalue weighted by Crippen LogP contribution is 2.20. The Kier molecular flexibility index (Phi) is 18.1. The maximum Gasteiger partial charge on any atom is 0.305 e. The number of aliphatic hydroxyl groups excluding tert-OH is 1. The van der Waals surface area contributed by atoms with Crippen LogP contribution in [0.5, 0.6) is 5.75 Å². The van der Waals surface area contributed by atoms with Crippen molar-refractivity contribution in [2.45, 2.75) is 89.6 Å². The number of carboxylic acid groups (broad SMARTS) is 1. The van der Waals surface area contributed by atoms with Crippen LogP contribution in [0.2, 0.25) is 0 Å². The van der Waals surface area contributed by atoms with Crippen LogP contribution >= 0.6 is 0 Å². The van der Waals surface area contributed by atoms with Crippen LogP contribution in [-0.2, 0) is 51.2 Å². The summed E-state index contributed by atoms with van der Waals surface area (Å²) in [5.41, 5.74) is 10.2. The third kappa shape index (κ3) is 14.5. The van der Waals surface area contributed by atoms with Gasteiger partial charge in [0, 0.05) is 6.42 Å². The quantitative estimate of drug-likeness (QED) is 0.0599. The van der Waals surface area contributed by atoms with Gasteiger partial charge in [0.25, 0.3) is 0 Å². The highest BCUT2D eigenvalue weighted by Gasteiger charge is 2.46. The Bertz CT molecular complexity index is 1740. The number of phenolic OH excluding ortho intramolecular Hbond substituents is 1. The first-order valence-corrected chi connectivity index (χ1v) is 18.2. The second kappa shape index (κ2) is 21.9. The van der Waals surface area contributed by atoms with Gasteiger partial charge in [-0.25, -0.2) is 0 Å². The Morgan fingerprint density at radius 3 is 1.81 bits per heavy atom. The molecule has 7 amide bonds. The molecule has 19 heteroatoms. The Morgan fingerprint density at radius 1 is 0.702 bits per heavy atom. The molecule has 2 rings (SSSR count). The number of carboxylic acids is 1. The van der Waals surface area contributed by atoms with Gasteiger partial charge in [0.05, 0.1) is 25.6 Å². The minimum atomic E-state index is -2.15. The van der Waals surface area contributed by atoms with Crippen molar-refractivity contribution in [2.75, 3.05) is 13.2 Å². The van der Waals surface area contributed by atoms with Gasteiger partial charge >= 0.3 is 5.97 Å². The lowest BCUT2D eigenvalue weighted by molar-refractivity contribution is -0.144. The van der Waals surface area contributed by atoms with Gasteiger partial charge in [-0.2, -0.15) is 0 Å². The highest BCUT2D eigenvalue weighted by atomic mass is 16.4. The van der Waals surface area contributed by atoms with Crippen LogP contribution in [0, 0.1) is 11.8 Å². The molecular weight excluding hydrogens is 744 g/mol. The number of nitrogens with two attached hydrogens (primary N) is 2. The number of carbonyl (C=O) groups is 8. The summed E-state index contributed by atoms with van der Waals surface area (Å²) < 4.78 is 0. The van der Waals surface area contributed by atoms with Crippen molar-refractivity contribution < 1.29 is 53.7 Å². The van der Waals surface area contributed by atoms with Gasteiger partial charge < -0.3 is 58.7 Å². The third-order valence-corrected chi connectivity index (χ3v) is 9.07. The fraction of sp³-hybridized carbons (Fsp3) is 0.474. The molecule has 0 aliphatic carbocycles. The molecule has 0 heterocycles. The van der Waals surface area contributed by atoms with E-state index in [1.54, 1.807) is 56.3 Å². The lowest BCUT2D eigenvalue weighted by Crippen LogP contribution is -2.69. The summed E-state index contributed by atoms with van der Waals surface area (Å²) >= 11 is 0. The molecule has 0 spiro atoms. The summed E-state index contributed by atoms with van der Waals surface area (Å²) in [6.07, 6.45) is -1.03. The topological polar surface area (TPSA) is 321 Å². The summed E-state index contributed by atoms with van der Waals surface area (Å²) in [6, 6.07) is 7.65. The summed E-state index contributed by atoms with van der Waals surface area (Å²) in [7, 11) is 0. The molecule has 0 radical (unpaired) electrons. The van der Waals surface area contributed by atoms with E-state index in [-0.39, 0.29) is 18.6 Å². The maximum absolute atomic E-state index is 13.8. The van der Waals surface area contributed by atoms with E-state index in [9.17, 15) is 53.7 Å². The van der Waals surface area contributed by atoms with Gasteiger partial charge in [0.1, 0.15) is 35.5 Å². The number of benzene rings is 2. The zero-order chi connectivity index (χ0) is 43.0. The van der Waals surface area contributed by atoms with Crippen LogP contribution in [0.15, 0.2) is 54.6 Å². The summed E-state index contributed by atoms with van der Waals surface area (Å²) in [4.78, 5) is 104. The predicted octanol–water partition coefficient (Wildman–Crippen LogP) is -2.30. The number of rotatable bonds is 22. The van der Waals surface area contributed by atoms with Crippen LogP contribution in [0.1, 0.15) is 52.2 Å². The van der Waals surface area contributed by atoms with Gasteiger partial charge in [0.15, 0.2) is 0 Å². The number of nitrogens with one attached hydrogen (secondary N) is 6. The minimum Gasteiger partial charge on any atom is -0.508 e. The number of hydrogen-bond donors (Lipinski definition) is 11. The van der Waals surface area contributed by atoms with Gasteiger partial charge in [0.2, 0.25) is 41.4 Å². The fourth-order valence-corrected chi connectivity index (χ4v) is 5.53. The lowest BCUT2D eigenvalue weighted by atomic mass is 9.84. The number of hydrogen-bond acceptors (Lipinski definition) is 11. The van der Waals surface area contributed by atoms with Gasteiger partial charge in [-0.15, -0.1) is 0 Å². The third-order valence-electron chi connectivity index (χ3n) is 9.07. The van der Waals surface area contributed by atoms with Crippen molar-refractivity contribution >= 4 is 47.3 Å². The monoisotopic (exact) mass is 798 g/mol. The van der Waals surface area contributed by atoms with Crippen LogP contribution in [-0.4, -0.2) is 112 Å². The van der Waals surface area contributed by atoms with Crippen LogP contribution in [0.4, 0.5) is 0 Å². The average Bonchev–Trinajstić information content (AvgIpc) is 3.14. The molecule has 0 aliphatic heterocycles. The Labute approximate surface area is 330 Å². The molecule has 0 fully saturated rings. The number of aliphatic carboxylic acids is 1. The summed E-state index contributed by atoms with van der Waals surface area (Å²) in [6.45, 7) is 5.96. The molecule has 13 N–H and O–H groups in total. The molecule has 57 heavy (non-hydrogen) atoms. The summed E-state index contributed by atoms with van der Waals surface area (Å²) in [5, 5.41) is 44.2. The smallest absolute Gasteiger partial charge is 0.305 e. The molecule has 0 unspecified atom stereocenters. The van der Waals surface area contributed by atoms with E-state index >= 15 is 0 Å². The number of primary amides is 1. The Hall–Kier alpha value is -6.08. The summed E-state index contributed by atoms with van der Waals surface area (Å²) in [5.74, 6) is -9.20. The van der Waals surface area contributed by atoms with E-state index in [1.807, 2.05) is 0 Å². The van der Waals surface area contributed by atoms with Crippen molar-refractivity contribution in [1.29, 1.82) is 0 Å². The van der Waals surface area contributed by atoms with Gasteiger partial charge in [-0.3, -0.25) is 38.4 Å². The zero-order valence-corrected chi connectivity index (χ0v) is 32.5. The zero-order valence-electron chi connectivity index (χ0n) is 32.5. The van der Waals surface area contributed by atoms with E-state index in [0.717, 1.165) is 0 Å². The average molecular weight is 799 g/mol. The Morgan fingerprint density at radius 2 is 1.28 bits per heavy atom. The van der Waals surface area contributed by atoms with E-state index in [2.05, 4.69) is 31.9 Å². The Balaban J connectivity index is 2.32. The standard InChI is InChI=1S/C38H54N8O11/c1-20(2)31(36(56)41-18-29(40)49)45-37(57)38(19-47,21(3)4)46-35(55)28(17-30(50)51)44-34(54)27(16-23-9-7-6-8-10-23)43-32(52)22(5)42-33(53)26(39)15-24-11-13-25(48)14-12-24/h6-14,20-22,26-28,31,47-48H,15-19,39H2,1-5H3,(H2,40,49)(H,41,56)(H,42,53)(H,43,52)(H,44,54)(H,45,57)(H,46,55)(H,50,51)/t22-,26+,27+,28+,31+,38+/m1/s1. The molecular formula is C38H54N8O11. The number of carbonyl (C=O) groups excluding carboxylic acids is 7. The second-order valence-electron chi connectivity index (χ2n) is 14.3. The first kappa shape index (κ1) is 47.1. The molecule has 19 nitrogen and oxygen atoms in total. The number of aromatic hydroxyl groups is 1. The van der Waals surface area contributed by atoms with Crippen LogP contribution in [0.25, 0.3) is 0 Å². The molecule has 2 aromatic rings. The maximum atomic E-state index is 13.8. The molecule has 0 aliphatic rings. The van der Waals surface area contributed by atoms with Gasteiger partial charge in [-0.05, 0) is 48.4 Å². The number of phenols is 1. The first-order valence-electron chi connectivity index (χ1n) is 18.2. The highest BCUT2D eigenvalue weighted by molar-refractivity contribution is 5.99.